The van der Waals surface area contributed by atoms with Crippen LogP contribution in [0.5, 0.6) is 5.75 Å². The second kappa shape index (κ2) is 6.80. The van der Waals surface area contributed by atoms with Crippen molar-refractivity contribution in [2.45, 2.75) is 20.3 Å². The number of carbonyl (C=O) groups is 1. The van der Waals surface area contributed by atoms with Gasteiger partial charge in [-0.15, -0.1) is 0 Å². The second-order valence-corrected chi connectivity index (χ2v) is 6.27. The van der Waals surface area contributed by atoms with Crippen molar-refractivity contribution in [1.29, 1.82) is 0 Å². The number of hydrogen-bond donors (Lipinski definition) is 0. The zero-order chi connectivity index (χ0) is 17.3. The molecule has 0 aliphatic rings. The fourth-order valence-corrected chi connectivity index (χ4v) is 2.97. The zero-order valence-electron chi connectivity index (χ0n) is 13.3. The van der Waals surface area contributed by atoms with Crippen LogP contribution in [-0.4, -0.2) is 11.0 Å². The number of ether oxygens (including phenoxy) is 1. The van der Waals surface area contributed by atoms with Gasteiger partial charge in [0.05, 0.1) is 15.6 Å². The molecule has 0 aliphatic heterocycles. The topological polar surface area (TPSA) is 39.2 Å². The molecule has 0 spiro atoms. The first kappa shape index (κ1) is 16.7. The number of hydrogen-bond acceptors (Lipinski definition) is 3. The van der Waals surface area contributed by atoms with Gasteiger partial charge in [0, 0.05) is 11.1 Å². The Morgan fingerprint density at radius 3 is 2.46 bits per heavy atom. The van der Waals surface area contributed by atoms with E-state index in [0.29, 0.717) is 21.5 Å². The van der Waals surface area contributed by atoms with Gasteiger partial charge in [-0.3, -0.25) is 0 Å². The van der Waals surface area contributed by atoms with Gasteiger partial charge in [0.2, 0.25) is 0 Å². The van der Waals surface area contributed by atoms with E-state index in [4.69, 9.17) is 27.9 Å². The molecule has 0 unspecified atom stereocenters. The molecule has 2 aromatic carbocycles. The van der Waals surface area contributed by atoms with Crippen LogP contribution in [0.2, 0.25) is 10.0 Å². The summed E-state index contributed by atoms with van der Waals surface area (Å²) in [6.45, 7) is 3.91. The second-order valence-electron chi connectivity index (χ2n) is 5.46. The molecule has 0 bridgehead atoms. The molecule has 3 nitrogen and oxygen atoms in total. The van der Waals surface area contributed by atoms with E-state index in [1.807, 2.05) is 31.2 Å². The van der Waals surface area contributed by atoms with Gasteiger partial charge in [0.1, 0.15) is 5.52 Å². The van der Waals surface area contributed by atoms with Gasteiger partial charge in [-0.05, 0) is 49.2 Å². The van der Waals surface area contributed by atoms with Crippen LogP contribution in [-0.2, 0) is 6.42 Å². The minimum atomic E-state index is -0.480. The van der Waals surface area contributed by atoms with Crippen LogP contribution < -0.4 is 4.74 Å². The first-order valence-electron chi connectivity index (χ1n) is 7.56. The van der Waals surface area contributed by atoms with Gasteiger partial charge < -0.3 is 4.74 Å². The van der Waals surface area contributed by atoms with Crippen LogP contribution in [0.15, 0.2) is 42.5 Å². The van der Waals surface area contributed by atoms with E-state index in [1.54, 1.807) is 18.2 Å². The van der Waals surface area contributed by atoms with Crippen LogP contribution >= 0.6 is 23.2 Å². The van der Waals surface area contributed by atoms with Crippen molar-refractivity contribution < 1.29 is 9.53 Å². The summed E-state index contributed by atoms with van der Waals surface area (Å²) in [6, 6.07) is 12.5. The zero-order valence-corrected chi connectivity index (χ0v) is 14.8. The summed E-state index contributed by atoms with van der Waals surface area (Å²) in [5, 5.41) is 1.41. The first-order valence-corrected chi connectivity index (χ1v) is 8.31. The Bertz CT molecular complexity index is 921. The van der Waals surface area contributed by atoms with Crippen molar-refractivity contribution in [1.82, 2.24) is 4.98 Å². The maximum Gasteiger partial charge on any atom is 0.343 e. The number of aromatic nitrogens is 1. The predicted molar refractivity (Wildman–Crippen MR) is 97.3 cm³/mol. The van der Waals surface area contributed by atoms with Crippen molar-refractivity contribution in [3.8, 4) is 5.75 Å². The quantitative estimate of drug-likeness (QED) is 0.449. The summed E-state index contributed by atoms with van der Waals surface area (Å²) in [5.41, 5.74) is 2.87. The van der Waals surface area contributed by atoms with E-state index in [0.717, 1.165) is 17.7 Å². The third kappa shape index (κ3) is 3.23. The monoisotopic (exact) mass is 359 g/mol. The molecule has 24 heavy (non-hydrogen) atoms. The van der Waals surface area contributed by atoms with Gasteiger partial charge in [-0.25, -0.2) is 9.78 Å². The van der Waals surface area contributed by atoms with Crippen LogP contribution in [0.25, 0.3) is 10.9 Å². The third-order valence-electron chi connectivity index (χ3n) is 3.77. The molecule has 0 saturated heterocycles. The summed E-state index contributed by atoms with van der Waals surface area (Å²) in [4.78, 5) is 16.9. The maximum absolute atomic E-state index is 12.4. The minimum Gasteiger partial charge on any atom is -0.419 e. The molecule has 122 valence electrons. The lowest BCUT2D eigenvalue weighted by Gasteiger charge is -2.11. The average molecular weight is 360 g/mol. The fourth-order valence-electron chi connectivity index (χ4n) is 2.42. The summed E-state index contributed by atoms with van der Waals surface area (Å²) in [5.74, 6) is -0.254. The molecule has 0 fully saturated rings. The Morgan fingerprint density at radius 1 is 1.08 bits per heavy atom. The Hall–Kier alpha value is -2.10. The number of carbonyl (C=O) groups excluding carboxylic acids is 1. The minimum absolute atomic E-state index is 0.226. The Kier molecular flexibility index (Phi) is 4.74. The third-order valence-corrected chi connectivity index (χ3v) is 4.36. The van der Waals surface area contributed by atoms with Crippen molar-refractivity contribution >= 4 is 40.1 Å². The number of aryl methyl sites for hydroxylation is 2. The highest BCUT2D eigenvalue weighted by Gasteiger charge is 2.17. The lowest BCUT2D eigenvalue weighted by Crippen LogP contribution is -2.09. The van der Waals surface area contributed by atoms with Crippen molar-refractivity contribution in [3.63, 3.8) is 0 Å². The lowest BCUT2D eigenvalue weighted by atomic mass is 10.1. The molecular formula is C19H15Cl2NO2. The maximum atomic E-state index is 12.4. The SMILES string of the molecule is CCc1ccc(C(=O)Oc2c(Cl)cc(Cl)c3ccc(C)nc23)cc1. The molecule has 0 saturated carbocycles. The van der Waals surface area contributed by atoms with E-state index >= 15 is 0 Å². The highest BCUT2D eigenvalue weighted by atomic mass is 35.5. The molecule has 3 rings (SSSR count). The van der Waals surface area contributed by atoms with Gasteiger partial charge in [0.25, 0.3) is 0 Å². The molecule has 1 aromatic heterocycles. The van der Waals surface area contributed by atoms with E-state index in [2.05, 4.69) is 11.9 Å². The molecule has 5 heteroatoms. The van der Waals surface area contributed by atoms with E-state index < -0.39 is 5.97 Å². The van der Waals surface area contributed by atoms with Crippen LogP contribution in [0.1, 0.15) is 28.5 Å². The van der Waals surface area contributed by atoms with Crippen LogP contribution in [0.4, 0.5) is 0 Å². The number of rotatable bonds is 3. The van der Waals surface area contributed by atoms with Gasteiger partial charge in [0.15, 0.2) is 5.75 Å². The average Bonchev–Trinajstić information content (AvgIpc) is 2.58. The smallest absolute Gasteiger partial charge is 0.343 e. The molecule has 0 radical (unpaired) electrons. The summed E-state index contributed by atoms with van der Waals surface area (Å²) in [7, 11) is 0. The Labute approximate surface area is 150 Å². The number of halogens is 2. The van der Waals surface area contributed by atoms with Crippen molar-refractivity contribution in [2.24, 2.45) is 0 Å². The number of nitrogens with zero attached hydrogens (tertiary/aromatic N) is 1. The molecule has 0 N–H and O–H groups in total. The summed E-state index contributed by atoms with van der Waals surface area (Å²) >= 11 is 12.4. The predicted octanol–water partition coefficient (Wildman–Crippen LogP) is 5.63. The largest absolute Gasteiger partial charge is 0.419 e. The molecule has 3 aromatic rings. The Morgan fingerprint density at radius 2 is 1.79 bits per heavy atom. The van der Waals surface area contributed by atoms with Crippen LogP contribution in [0, 0.1) is 6.92 Å². The van der Waals surface area contributed by atoms with Crippen molar-refractivity contribution in [3.05, 3.63) is 69.3 Å². The van der Waals surface area contributed by atoms with Gasteiger partial charge in [-0.2, -0.15) is 0 Å². The standard InChI is InChI=1S/C19H15Cl2NO2/c1-3-12-5-7-13(8-6-12)19(23)24-18-16(21)10-15(20)14-9-4-11(2)22-17(14)18/h4-10H,3H2,1-2H3. The highest BCUT2D eigenvalue weighted by Crippen LogP contribution is 2.37. The number of pyridine rings is 1. The van der Waals surface area contributed by atoms with Gasteiger partial charge in [-0.1, -0.05) is 42.3 Å². The summed E-state index contributed by atoms with van der Waals surface area (Å²) < 4.78 is 5.54. The van der Waals surface area contributed by atoms with E-state index in [1.165, 1.54) is 0 Å². The highest BCUT2D eigenvalue weighted by molar-refractivity contribution is 6.39. The molecule has 0 aliphatic carbocycles. The lowest BCUT2D eigenvalue weighted by molar-refractivity contribution is 0.0737. The molecular weight excluding hydrogens is 345 g/mol. The van der Waals surface area contributed by atoms with E-state index in [9.17, 15) is 4.79 Å². The molecule has 0 atom stereocenters. The fraction of sp³-hybridized carbons (Fsp3) is 0.158. The molecule has 0 amide bonds. The van der Waals surface area contributed by atoms with Crippen molar-refractivity contribution in [2.75, 3.05) is 0 Å². The summed E-state index contributed by atoms with van der Waals surface area (Å²) in [6.07, 6.45) is 0.909. The molecule has 1 heterocycles. The van der Waals surface area contributed by atoms with E-state index in [-0.39, 0.29) is 10.8 Å². The first-order chi connectivity index (χ1) is 11.5. The number of benzene rings is 2. The Balaban J connectivity index is 2.02. The van der Waals surface area contributed by atoms with Gasteiger partial charge >= 0.3 is 5.97 Å². The number of fused-ring (bicyclic) bond motifs is 1. The van der Waals surface area contributed by atoms with Crippen LogP contribution in [0.3, 0.4) is 0 Å². The normalized spacial score (nSPS) is 10.8. The number of esters is 1.